The fourth-order valence-corrected chi connectivity index (χ4v) is 5.46. The molecule has 0 saturated heterocycles. The minimum atomic E-state index is -0.286. The molecule has 3 nitrogen and oxygen atoms in total. The number of unbranched alkanes of at least 4 members (excludes halogenated alkanes) is 3. The maximum atomic E-state index is 11.0. The van der Waals surface area contributed by atoms with Crippen LogP contribution in [0.5, 0.6) is 11.5 Å². The molecular weight excluding hydrogens is 348 g/mol. The van der Waals surface area contributed by atoms with Crippen molar-refractivity contribution in [1.29, 1.82) is 0 Å². The number of hydrogen-bond acceptors (Lipinski definition) is 3. The molecule has 158 valence electrons. The van der Waals surface area contributed by atoms with Gasteiger partial charge in [-0.15, -0.1) is 0 Å². The number of hydrogen-bond donors (Lipinski definition) is 2. The fraction of sp³-hybridized carbons (Fsp3) is 0.760. The van der Waals surface area contributed by atoms with Crippen LogP contribution in [0.15, 0.2) is 12.1 Å². The summed E-state index contributed by atoms with van der Waals surface area (Å²) in [5.41, 5.74) is 1.81. The average Bonchev–Trinajstić information content (AvgIpc) is 2.80. The van der Waals surface area contributed by atoms with Crippen LogP contribution in [0.25, 0.3) is 0 Å². The van der Waals surface area contributed by atoms with Crippen molar-refractivity contribution in [2.75, 3.05) is 0 Å². The van der Waals surface area contributed by atoms with E-state index >= 15 is 0 Å². The van der Waals surface area contributed by atoms with Gasteiger partial charge in [-0.25, -0.2) is 0 Å². The summed E-state index contributed by atoms with van der Waals surface area (Å²) in [6.07, 6.45) is 9.46. The minimum absolute atomic E-state index is 0.00751. The Bertz CT molecular complexity index is 677. The van der Waals surface area contributed by atoms with E-state index in [2.05, 4.69) is 40.7 Å². The van der Waals surface area contributed by atoms with E-state index in [1.165, 1.54) is 25.7 Å². The second-order valence-electron chi connectivity index (χ2n) is 10.3. The standard InChI is InChI=1S/C25H40O3/c1-6-7-8-9-13-24(2,3)17-14-21(27)23-19-16-18(26)11-10-12-20(19)25(4,5)28-22(23)15-17/h14-15,18-20,26-27H,6-13,16H2,1-5H3/t18-,19-,20-/m1/s1. The molecule has 28 heavy (non-hydrogen) atoms. The smallest absolute Gasteiger partial charge is 0.127 e. The van der Waals surface area contributed by atoms with Gasteiger partial charge < -0.3 is 14.9 Å². The Morgan fingerprint density at radius 3 is 2.61 bits per heavy atom. The Balaban J connectivity index is 1.93. The summed E-state index contributed by atoms with van der Waals surface area (Å²) in [5.74, 6) is 1.68. The Morgan fingerprint density at radius 1 is 1.14 bits per heavy atom. The lowest BCUT2D eigenvalue weighted by Crippen LogP contribution is -2.44. The molecule has 0 radical (unpaired) electrons. The van der Waals surface area contributed by atoms with Crippen LogP contribution in [0.3, 0.4) is 0 Å². The molecule has 1 heterocycles. The summed E-state index contributed by atoms with van der Waals surface area (Å²) in [6, 6.07) is 4.14. The van der Waals surface area contributed by atoms with Crippen LogP contribution in [0.2, 0.25) is 0 Å². The van der Waals surface area contributed by atoms with Gasteiger partial charge in [0.1, 0.15) is 17.1 Å². The van der Waals surface area contributed by atoms with Crippen LogP contribution in [0.4, 0.5) is 0 Å². The van der Waals surface area contributed by atoms with Crippen molar-refractivity contribution in [3.63, 3.8) is 0 Å². The first kappa shape index (κ1) is 21.5. The number of benzene rings is 1. The number of aliphatic hydroxyl groups is 1. The molecule has 0 amide bonds. The number of phenolic OH excluding ortho intramolecular Hbond substituents is 1. The number of aromatic hydroxyl groups is 1. The zero-order valence-electron chi connectivity index (χ0n) is 18.6. The van der Waals surface area contributed by atoms with E-state index in [0.717, 1.165) is 49.0 Å². The van der Waals surface area contributed by atoms with Crippen molar-refractivity contribution in [3.8, 4) is 11.5 Å². The predicted molar refractivity (Wildman–Crippen MR) is 115 cm³/mol. The van der Waals surface area contributed by atoms with Gasteiger partial charge in [0.2, 0.25) is 0 Å². The van der Waals surface area contributed by atoms with Gasteiger partial charge in [-0.2, -0.15) is 0 Å². The Morgan fingerprint density at radius 2 is 1.89 bits per heavy atom. The quantitative estimate of drug-likeness (QED) is 0.551. The maximum absolute atomic E-state index is 11.0. The highest BCUT2D eigenvalue weighted by atomic mass is 16.5. The molecule has 2 N–H and O–H groups in total. The molecule has 3 heteroatoms. The molecule has 3 rings (SSSR count). The highest BCUT2D eigenvalue weighted by Crippen LogP contribution is 2.54. The second-order valence-corrected chi connectivity index (χ2v) is 10.3. The van der Waals surface area contributed by atoms with E-state index in [4.69, 9.17) is 4.74 Å². The molecule has 1 aliphatic heterocycles. The van der Waals surface area contributed by atoms with E-state index < -0.39 is 0 Å². The topological polar surface area (TPSA) is 49.7 Å². The van der Waals surface area contributed by atoms with Crippen LogP contribution in [-0.2, 0) is 5.41 Å². The third-order valence-corrected chi connectivity index (χ3v) is 7.26. The summed E-state index contributed by atoms with van der Waals surface area (Å²) in [6.45, 7) is 11.1. The number of rotatable bonds is 6. The lowest BCUT2D eigenvalue weighted by Gasteiger charge is -2.45. The van der Waals surface area contributed by atoms with Gasteiger partial charge in [0.15, 0.2) is 0 Å². The van der Waals surface area contributed by atoms with Crippen molar-refractivity contribution in [2.24, 2.45) is 5.92 Å². The van der Waals surface area contributed by atoms with Gasteiger partial charge in [0.05, 0.1) is 6.10 Å². The van der Waals surface area contributed by atoms with Crippen LogP contribution in [0.1, 0.15) is 109 Å². The highest BCUT2D eigenvalue weighted by Gasteiger charge is 2.46. The molecule has 1 fully saturated rings. The zero-order chi connectivity index (χ0) is 20.5. The SMILES string of the molecule is CCCCCCC(C)(C)c1cc(O)c2c(c1)OC(C)(C)[C@@H]1CCC[C@@H](O)C[C@@H]21. The monoisotopic (exact) mass is 388 g/mol. The normalized spacial score (nSPS) is 26.7. The Hall–Kier alpha value is -1.22. The molecule has 2 aliphatic rings. The van der Waals surface area contributed by atoms with Crippen molar-refractivity contribution in [1.82, 2.24) is 0 Å². The van der Waals surface area contributed by atoms with Gasteiger partial charge in [0, 0.05) is 17.4 Å². The molecule has 1 aromatic rings. The fourth-order valence-electron chi connectivity index (χ4n) is 5.46. The molecule has 0 bridgehead atoms. The van der Waals surface area contributed by atoms with Crippen molar-refractivity contribution in [3.05, 3.63) is 23.3 Å². The Kier molecular flexibility index (Phi) is 6.34. The van der Waals surface area contributed by atoms with Crippen LogP contribution >= 0.6 is 0 Å². The van der Waals surface area contributed by atoms with Gasteiger partial charge in [-0.3, -0.25) is 0 Å². The molecule has 1 aromatic carbocycles. The first-order chi connectivity index (χ1) is 13.2. The minimum Gasteiger partial charge on any atom is -0.508 e. The lowest BCUT2D eigenvalue weighted by molar-refractivity contribution is 0.00194. The molecule has 0 spiro atoms. The summed E-state index contributed by atoms with van der Waals surface area (Å²) in [4.78, 5) is 0. The lowest BCUT2D eigenvalue weighted by atomic mass is 9.70. The number of ether oxygens (including phenoxy) is 1. The maximum Gasteiger partial charge on any atom is 0.127 e. The number of fused-ring (bicyclic) bond motifs is 3. The molecular formula is C25H40O3. The second kappa shape index (κ2) is 8.26. The van der Waals surface area contributed by atoms with E-state index in [9.17, 15) is 10.2 Å². The molecule has 1 saturated carbocycles. The van der Waals surface area contributed by atoms with Crippen molar-refractivity contribution in [2.45, 2.75) is 115 Å². The summed E-state index contributed by atoms with van der Waals surface area (Å²) in [7, 11) is 0. The third kappa shape index (κ3) is 4.35. The van der Waals surface area contributed by atoms with Gasteiger partial charge in [-0.05, 0) is 62.6 Å². The van der Waals surface area contributed by atoms with Crippen molar-refractivity contribution < 1.29 is 14.9 Å². The van der Waals surface area contributed by atoms with Gasteiger partial charge in [-0.1, -0.05) is 52.9 Å². The van der Waals surface area contributed by atoms with Crippen LogP contribution in [0, 0.1) is 5.92 Å². The van der Waals surface area contributed by atoms with Crippen LogP contribution < -0.4 is 4.74 Å². The highest BCUT2D eigenvalue weighted by molar-refractivity contribution is 5.53. The third-order valence-electron chi connectivity index (χ3n) is 7.26. The van der Waals surface area contributed by atoms with Crippen molar-refractivity contribution >= 4 is 0 Å². The van der Waals surface area contributed by atoms with E-state index in [0.29, 0.717) is 11.7 Å². The zero-order valence-corrected chi connectivity index (χ0v) is 18.6. The molecule has 0 aromatic heterocycles. The predicted octanol–water partition coefficient (Wildman–Crippen LogP) is 6.45. The average molecular weight is 389 g/mol. The first-order valence-electron chi connectivity index (χ1n) is 11.4. The molecule has 0 unspecified atom stereocenters. The summed E-state index contributed by atoms with van der Waals surface area (Å²) in [5, 5.41) is 21.5. The number of phenols is 1. The van der Waals surface area contributed by atoms with E-state index in [-0.39, 0.29) is 23.0 Å². The summed E-state index contributed by atoms with van der Waals surface area (Å²) >= 11 is 0. The van der Waals surface area contributed by atoms with E-state index in [1.54, 1.807) is 0 Å². The van der Waals surface area contributed by atoms with E-state index in [1.807, 2.05) is 6.07 Å². The molecule has 3 atom stereocenters. The first-order valence-corrected chi connectivity index (χ1v) is 11.4. The molecule has 1 aliphatic carbocycles. The summed E-state index contributed by atoms with van der Waals surface area (Å²) < 4.78 is 6.50. The van der Waals surface area contributed by atoms with Gasteiger partial charge >= 0.3 is 0 Å². The van der Waals surface area contributed by atoms with Crippen LogP contribution in [-0.4, -0.2) is 21.9 Å². The van der Waals surface area contributed by atoms with Gasteiger partial charge in [0.25, 0.3) is 0 Å². The largest absolute Gasteiger partial charge is 0.508 e. The number of aliphatic hydroxyl groups excluding tert-OH is 1. The Labute approximate surface area is 171 Å².